The predicted octanol–water partition coefficient (Wildman–Crippen LogP) is 0.415. The van der Waals surface area contributed by atoms with Gasteiger partial charge < -0.3 is 4.98 Å². The van der Waals surface area contributed by atoms with Crippen molar-refractivity contribution in [2.24, 2.45) is 0 Å². The molecule has 2 N–H and O–H groups in total. The summed E-state index contributed by atoms with van der Waals surface area (Å²) in [6.45, 7) is 0. The van der Waals surface area contributed by atoms with Gasteiger partial charge in [-0.05, 0) is 0 Å². The highest BCUT2D eigenvalue weighted by molar-refractivity contribution is 7.93. The molecule has 0 aliphatic heterocycles. The van der Waals surface area contributed by atoms with Crippen LogP contribution in [0.25, 0.3) is 0 Å². The fraction of sp³-hybridized carbons (Fsp3) is 0.167. The Morgan fingerprint density at radius 3 is 2.24 bits per heavy atom. The quantitative estimate of drug-likeness (QED) is 0.801. The number of hydrogen-bond donors (Lipinski definition) is 2. The minimum Gasteiger partial charge on any atom is -0.314 e. The maximum atomic E-state index is 12.0. The number of aromatic nitrogens is 2. The second kappa shape index (κ2) is 3.95. The highest BCUT2D eigenvalue weighted by Crippen LogP contribution is 2.24. The second-order valence-corrected chi connectivity index (χ2v) is 4.26. The van der Waals surface area contributed by atoms with E-state index in [9.17, 15) is 21.6 Å². The third-order valence-electron chi connectivity index (χ3n) is 1.46. The second-order valence-electron chi connectivity index (χ2n) is 2.58. The molecule has 0 amide bonds. The van der Waals surface area contributed by atoms with E-state index in [0.29, 0.717) is 0 Å². The standard InChI is InChI=1S/C6H2F3N5O2S/c7-6(8,9)17(15,16)14-5-12-3(1-10)4(2-11)13-5/h(H2,12,13,14). The Labute approximate surface area is 92.5 Å². The van der Waals surface area contributed by atoms with Gasteiger partial charge in [0, 0.05) is 0 Å². The van der Waals surface area contributed by atoms with Gasteiger partial charge in [-0.15, -0.1) is 0 Å². The lowest BCUT2D eigenvalue weighted by atomic mass is 10.4. The smallest absolute Gasteiger partial charge is 0.314 e. The fourth-order valence-electron chi connectivity index (χ4n) is 0.769. The first-order valence-electron chi connectivity index (χ1n) is 3.70. The summed E-state index contributed by atoms with van der Waals surface area (Å²) in [4.78, 5) is 5.09. The lowest BCUT2D eigenvalue weighted by Gasteiger charge is -2.07. The molecule has 1 aromatic heterocycles. The van der Waals surface area contributed by atoms with E-state index in [4.69, 9.17) is 10.5 Å². The van der Waals surface area contributed by atoms with Crippen LogP contribution in [0, 0.1) is 22.7 Å². The van der Waals surface area contributed by atoms with E-state index in [1.807, 2.05) is 4.98 Å². The zero-order valence-corrected chi connectivity index (χ0v) is 8.52. The number of halogens is 3. The molecule has 0 aliphatic carbocycles. The molecule has 0 saturated carbocycles. The maximum Gasteiger partial charge on any atom is 0.516 e. The third kappa shape index (κ3) is 2.46. The van der Waals surface area contributed by atoms with E-state index < -0.39 is 32.9 Å². The van der Waals surface area contributed by atoms with Crippen LogP contribution in [-0.2, 0) is 10.0 Å². The Morgan fingerprint density at radius 2 is 1.88 bits per heavy atom. The van der Waals surface area contributed by atoms with Gasteiger partial charge in [0.25, 0.3) is 0 Å². The van der Waals surface area contributed by atoms with Gasteiger partial charge in [-0.1, -0.05) is 0 Å². The lowest BCUT2D eigenvalue weighted by molar-refractivity contribution is -0.0429. The molecule has 0 saturated heterocycles. The van der Waals surface area contributed by atoms with Crippen molar-refractivity contribution in [3.05, 3.63) is 11.4 Å². The lowest BCUT2D eigenvalue weighted by Crippen LogP contribution is -2.30. The molecule has 0 unspecified atom stereocenters. The molecular formula is C6H2F3N5O2S. The average molecular weight is 265 g/mol. The van der Waals surface area contributed by atoms with Crippen LogP contribution in [0.15, 0.2) is 0 Å². The number of alkyl halides is 3. The Hall–Kier alpha value is -2.27. The number of nitrogens with zero attached hydrogens (tertiary/aromatic N) is 3. The monoisotopic (exact) mass is 265 g/mol. The van der Waals surface area contributed by atoms with Crippen molar-refractivity contribution < 1.29 is 21.6 Å². The number of anilines is 1. The van der Waals surface area contributed by atoms with Crippen molar-refractivity contribution in [1.29, 1.82) is 10.5 Å². The molecule has 1 rings (SSSR count). The number of nitriles is 2. The molecule has 17 heavy (non-hydrogen) atoms. The fourth-order valence-corrected chi connectivity index (χ4v) is 1.24. The molecule has 1 heterocycles. The molecule has 0 spiro atoms. The van der Waals surface area contributed by atoms with Crippen LogP contribution >= 0.6 is 0 Å². The van der Waals surface area contributed by atoms with Crippen LogP contribution in [0.3, 0.4) is 0 Å². The summed E-state index contributed by atoms with van der Waals surface area (Å²) >= 11 is 0. The van der Waals surface area contributed by atoms with Gasteiger partial charge in [0.05, 0.1) is 0 Å². The van der Waals surface area contributed by atoms with Crippen LogP contribution < -0.4 is 4.72 Å². The van der Waals surface area contributed by atoms with Crippen LogP contribution in [0.5, 0.6) is 0 Å². The minimum atomic E-state index is -5.63. The van der Waals surface area contributed by atoms with Crippen molar-refractivity contribution >= 4 is 16.0 Å². The number of nitrogens with one attached hydrogen (secondary N) is 2. The first-order chi connectivity index (χ1) is 7.71. The molecule has 90 valence electrons. The molecule has 0 aromatic carbocycles. The maximum absolute atomic E-state index is 12.0. The highest BCUT2D eigenvalue weighted by atomic mass is 32.2. The Morgan fingerprint density at radius 1 is 1.29 bits per heavy atom. The van der Waals surface area contributed by atoms with Gasteiger partial charge in [-0.2, -0.15) is 37.1 Å². The zero-order valence-electron chi connectivity index (χ0n) is 7.70. The molecule has 0 radical (unpaired) electrons. The largest absolute Gasteiger partial charge is 0.516 e. The molecule has 0 bridgehead atoms. The summed E-state index contributed by atoms with van der Waals surface area (Å²) in [7, 11) is -5.63. The molecule has 0 fully saturated rings. The van der Waals surface area contributed by atoms with Gasteiger partial charge in [0.2, 0.25) is 5.95 Å². The number of rotatable bonds is 2. The average Bonchev–Trinajstić information content (AvgIpc) is 2.57. The Kier molecular flexibility index (Phi) is 2.97. The van der Waals surface area contributed by atoms with Crippen LogP contribution in [0.4, 0.5) is 19.1 Å². The molecule has 7 nitrogen and oxygen atoms in total. The molecule has 0 aliphatic rings. The van der Waals surface area contributed by atoms with Crippen LogP contribution in [0.1, 0.15) is 11.4 Å². The van der Waals surface area contributed by atoms with Crippen molar-refractivity contribution in [3.8, 4) is 12.1 Å². The van der Waals surface area contributed by atoms with Crippen molar-refractivity contribution in [1.82, 2.24) is 9.97 Å². The summed E-state index contributed by atoms with van der Waals surface area (Å²) in [5, 5.41) is 16.9. The Balaban J connectivity index is 3.12. The van der Waals surface area contributed by atoms with E-state index in [2.05, 4.69) is 4.98 Å². The highest BCUT2D eigenvalue weighted by Gasteiger charge is 2.46. The van der Waals surface area contributed by atoms with Crippen molar-refractivity contribution in [2.45, 2.75) is 5.51 Å². The molecule has 11 heteroatoms. The van der Waals surface area contributed by atoms with E-state index in [1.54, 1.807) is 0 Å². The summed E-state index contributed by atoms with van der Waals surface area (Å²) in [5.74, 6) is -0.851. The zero-order chi connectivity index (χ0) is 13.3. The first kappa shape index (κ1) is 12.8. The van der Waals surface area contributed by atoms with Crippen LogP contribution in [0.2, 0.25) is 0 Å². The van der Waals surface area contributed by atoms with E-state index in [-0.39, 0.29) is 0 Å². The number of hydrogen-bond acceptors (Lipinski definition) is 5. The van der Waals surface area contributed by atoms with Crippen molar-refractivity contribution in [3.63, 3.8) is 0 Å². The van der Waals surface area contributed by atoms with Gasteiger partial charge in [-0.25, -0.2) is 4.72 Å². The molecular weight excluding hydrogens is 263 g/mol. The van der Waals surface area contributed by atoms with Crippen molar-refractivity contribution in [2.75, 3.05) is 4.72 Å². The summed E-state index contributed by atoms with van der Waals surface area (Å²) < 4.78 is 58.3. The minimum absolute atomic E-state index is 0.438. The van der Waals surface area contributed by atoms with E-state index in [0.717, 1.165) is 4.72 Å². The van der Waals surface area contributed by atoms with Gasteiger partial charge in [-0.3, -0.25) is 0 Å². The van der Waals surface area contributed by atoms with E-state index >= 15 is 0 Å². The topological polar surface area (TPSA) is 122 Å². The summed E-state index contributed by atoms with van der Waals surface area (Å²) in [5.41, 5.74) is -6.46. The van der Waals surface area contributed by atoms with Gasteiger partial charge in [0.15, 0.2) is 11.4 Å². The normalized spacial score (nSPS) is 11.6. The summed E-state index contributed by atoms with van der Waals surface area (Å²) in [6, 6.07) is 2.85. The molecule has 0 atom stereocenters. The number of aromatic amines is 1. The van der Waals surface area contributed by atoms with Gasteiger partial charge >= 0.3 is 15.5 Å². The first-order valence-corrected chi connectivity index (χ1v) is 5.19. The number of H-pyrrole nitrogens is 1. The Bertz CT molecular complexity index is 586. The third-order valence-corrected chi connectivity index (χ3v) is 2.53. The predicted molar refractivity (Wildman–Crippen MR) is 46.6 cm³/mol. The summed E-state index contributed by atoms with van der Waals surface area (Å²) in [6.07, 6.45) is 0. The number of sulfonamides is 1. The number of imidazole rings is 1. The van der Waals surface area contributed by atoms with Gasteiger partial charge in [0.1, 0.15) is 12.1 Å². The molecule has 1 aromatic rings. The van der Waals surface area contributed by atoms with E-state index in [1.165, 1.54) is 12.1 Å². The van der Waals surface area contributed by atoms with Crippen LogP contribution in [-0.4, -0.2) is 23.9 Å². The SMILES string of the molecule is N#Cc1nc(NS(=O)(=O)C(F)(F)F)[nH]c1C#N.